The Morgan fingerprint density at radius 1 is 0.744 bits per heavy atom. The molecule has 200 valence electrons. The van der Waals surface area contributed by atoms with Gasteiger partial charge >= 0.3 is 0 Å². The Balaban J connectivity index is 0.000000252. The zero-order valence-corrected chi connectivity index (χ0v) is 23.5. The van der Waals surface area contributed by atoms with Crippen molar-refractivity contribution in [3.05, 3.63) is 175 Å². The first-order chi connectivity index (χ1) is 19.0. The van der Waals surface area contributed by atoms with Crippen LogP contribution in [0.5, 0.6) is 0 Å². The summed E-state index contributed by atoms with van der Waals surface area (Å²) in [5.74, 6) is 0.383. The van der Waals surface area contributed by atoms with Crippen LogP contribution < -0.4 is 5.32 Å². The molecular formula is C37H42N2. The Morgan fingerprint density at radius 3 is 2.31 bits per heavy atom. The third-order valence-corrected chi connectivity index (χ3v) is 6.42. The van der Waals surface area contributed by atoms with E-state index in [0.29, 0.717) is 5.92 Å². The van der Waals surface area contributed by atoms with E-state index < -0.39 is 0 Å². The van der Waals surface area contributed by atoms with E-state index in [1.165, 1.54) is 22.3 Å². The zero-order valence-electron chi connectivity index (χ0n) is 23.5. The highest BCUT2D eigenvalue weighted by atomic mass is 15.1. The molecule has 2 heteroatoms. The highest BCUT2D eigenvalue weighted by molar-refractivity contribution is 5.74. The van der Waals surface area contributed by atoms with Gasteiger partial charge in [-0.2, -0.15) is 0 Å². The number of rotatable bonds is 0. The molecule has 2 aromatic carbocycles. The predicted molar refractivity (Wildman–Crippen MR) is 171 cm³/mol. The van der Waals surface area contributed by atoms with Gasteiger partial charge in [-0.15, -0.1) is 0 Å². The van der Waals surface area contributed by atoms with Gasteiger partial charge in [0.1, 0.15) is 0 Å². The molecule has 0 bridgehead atoms. The van der Waals surface area contributed by atoms with Gasteiger partial charge < -0.3 is 10.2 Å². The summed E-state index contributed by atoms with van der Waals surface area (Å²) in [6, 6.07) is 17.0. The predicted octanol–water partition coefficient (Wildman–Crippen LogP) is 8.87. The van der Waals surface area contributed by atoms with Crippen LogP contribution in [0.3, 0.4) is 0 Å². The minimum atomic E-state index is 0.383. The van der Waals surface area contributed by atoms with Crippen molar-refractivity contribution in [1.82, 2.24) is 10.2 Å². The maximum absolute atomic E-state index is 4.20. The average molecular weight is 515 g/mol. The van der Waals surface area contributed by atoms with Crippen LogP contribution in [0.2, 0.25) is 0 Å². The molecule has 4 rings (SSSR count). The number of hydrogen-bond acceptors (Lipinski definition) is 2. The number of nitrogens with zero attached hydrogens (tertiary/aromatic N) is 1. The Kier molecular flexibility index (Phi) is 12.4. The summed E-state index contributed by atoms with van der Waals surface area (Å²) >= 11 is 0. The van der Waals surface area contributed by atoms with Gasteiger partial charge in [0, 0.05) is 20.1 Å². The minimum Gasteiger partial charge on any atom is -0.387 e. The lowest BCUT2D eigenvalue weighted by molar-refractivity contribution is 0.450. The van der Waals surface area contributed by atoms with Crippen LogP contribution in [0, 0.1) is 5.92 Å². The molecule has 0 spiro atoms. The lowest BCUT2D eigenvalue weighted by Gasteiger charge is -2.15. The third-order valence-electron chi connectivity index (χ3n) is 6.42. The highest BCUT2D eigenvalue weighted by Crippen LogP contribution is 2.19. The van der Waals surface area contributed by atoms with Crippen molar-refractivity contribution in [3.8, 4) is 0 Å². The summed E-state index contributed by atoms with van der Waals surface area (Å²) in [5, 5.41) is 3.35. The smallest absolute Gasteiger partial charge is 0.0423 e. The molecular weight excluding hydrogens is 472 g/mol. The molecule has 0 aliphatic carbocycles. The van der Waals surface area contributed by atoms with Crippen LogP contribution in [-0.2, 0) is 19.5 Å². The zero-order chi connectivity index (χ0) is 27.7. The largest absolute Gasteiger partial charge is 0.387 e. The SMILES string of the molecule is C=C1/C=C\C(C)/C=C/C=C\NCc2ccccc2C(=C)/C=C\C=C/C1.CN1/C=C\C=C/Cc2ccccc2C1. The molecule has 0 fully saturated rings. The summed E-state index contributed by atoms with van der Waals surface area (Å²) in [6.45, 7) is 12.2. The Hall–Kier alpha value is -4.30. The molecule has 0 amide bonds. The van der Waals surface area contributed by atoms with E-state index >= 15 is 0 Å². The minimum absolute atomic E-state index is 0.383. The summed E-state index contributed by atoms with van der Waals surface area (Å²) in [6.07, 6.45) is 31.2. The normalized spacial score (nSPS) is 23.6. The van der Waals surface area contributed by atoms with Gasteiger partial charge in [-0.3, -0.25) is 0 Å². The molecule has 0 radical (unpaired) electrons. The van der Waals surface area contributed by atoms with Gasteiger partial charge in [-0.1, -0.05) is 135 Å². The van der Waals surface area contributed by atoms with Gasteiger partial charge in [0.15, 0.2) is 0 Å². The second kappa shape index (κ2) is 16.5. The Labute approximate surface area is 236 Å². The Bertz CT molecular complexity index is 1300. The second-order valence-corrected chi connectivity index (χ2v) is 9.83. The van der Waals surface area contributed by atoms with Crippen LogP contribution in [0.4, 0.5) is 0 Å². The fraction of sp³-hybridized carbons (Fsp3) is 0.189. The average Bonchev–Trinajstić information content (AvgIpc) is 3.03. The Morgan fingerprint density at radius 2 is 1.46 bits per heavy atom. The van der Waals surface area contributed by atoms with Crippen molar-refractivity contribution in [2.24, 2.45) is 5.92 Å². The molecule has 2 aliphatic heterocycles. The first-order valence-electron chi connectivity index (χ1n) is 13.7. The van der Waals surface area contributed by atoms with Gasteiger partial charge in [-0.05, 0) is 71.1 Å². The summed E-state index contributed by atoms with van der Waals surface area (Å²) in [4.78, 5) is 2.20. The number of hydrogen-bond donors (Lipinski definition) is 1. The maximum atomic E-state index is 4.20. The van der Waals surface area contributed by atoms with Crippen molar-refractivity contribution in [3.63, 3.8) is 0 Å². The van der Waals surface area contributed by atoms with Crippen molar-refractivity contribution >= 4 is 5.57 Å². The van der Waals surface area contributed by atoms with Gasteiger partial charge in [0.2, 0.25) is 0 Å². The number of allylic oxidation sites excluding steroid dienone is 14. The second-order valence-electron chi connectivity index (χ2n) is 9.83. The van der Waals surface area contributed by atoms with Crippen LogP contribution in [0.15, 0.2) is 153 Å². The quantitative estimate of drug-likeness (QED) is 0.378. The lowest BCUT2D eigenvalue weighted by atomic mass is 10.0. The molecule has 2 aromatic rings. The molecule has 2 nitrogen and oxygen atoms in total. The van der Waals surface area contributed by atoms with Gasteiger partial charge in [-0.25, -0.2) is 0 Å². The maximum Gasteiger partial charge on any atom is 0.0423 e. The number of fused-ring (bicyclic) bond motifs is 2. The van der Waals surface area contributed by atoms with Crippen molar-refractivity contribution < 1.29 is 0 Å². The molecule has 2 heterocycles. The van der Waals surface area contributed by atoms with Crippen LogP contribution in [0.1, 0.15) is 35.6 Å². The summed E-state index contributed by atoms with van der Waals surface area (Å²) < 4.78 is 0. The van der Waals surface area contributed by atoms with Crippen LogP contribution in [0.25, 0.3) is 5.57 Å². The fourth-order valence-electron chi connectivity index (χ4n) is 4.20. The first-order valence-corrected chi connectivity index (χ1v) is 13.7. The summed E-state index contributed by atoms with van der Waals surface area (Å²) in [5.41, 5.74) is 7.38. The van der Waals surface area contributed by atoms with E-state index in [1.54, 1.807) is 0 Å². The van der Waals surface area contributed by atoms with E-state index in [2.05, 4.69) is 153 Å². The van der Waals surface area contributed by atoms with Crippen molar-refractivity contribution in [1.29, 1.82) is 0 Å². The number of benzene rings is 2. The van der Waals surface area contributed by atoms with Crippen molar-refractivity contribution in [2.45, 2.75) is 32.9 Å². The lowest BCUT2D eigenvalue weighted by Crippen LogP contribution is -2.10. The highest BCUT2D eigenvalue weighted by Gasteiger charge is 2.03. The third kappa shape index (κ3) is 10.9. The van der Waals surface area contributed by atoms with E-state index in [0.717, 1.165) is 37.1 Å². The summed E-state index contributed by atoms with van der Waals surface area (Å²) in [7, 11) is 2.10. The van der Waals surface area contributed by atoms with Crippen LogP contribution >= 0.6 is 0 Å². The van der Waals surface area contributed by atoms with E-state index in [1.807, 2.05) is 18.4 Å². The van der Waals surface area contributed by atoms with Crippen LogP contribution in [-0.4, -0.2) is 11.9 Å². The molecule has 1 atom stereocenters. The number of nitrogens with one attached hydrogen (secondary N) is 1. The molecule has 0 aromatic heterocycles. The fourth-order valence-corrected chi connectivity index (χ4v) is 4.20. The standard InChI is InChI=1S/C24H27N.C13H15N/c1-20-11-5-4-6-13-22(3)24-15-8-7-14-23(24)19-25-18-10-9-12-21(2)17-16-20;1-14-10-6-2-3-7-12-8-4-5-9-13(12)11-14/h4-10,12-18,21,25H,1,3,11,19H2,2H3;2-6,8-10H,7,11H2,1H3/b5-4-,12-9+,13-6-,17-16-,18-10-;3-2-,10-6-. The molecule has 0 saturated heterocycles. The van der Waals surface area contributed by atoms with E-state index in [-0.39, 0.29) is 0 Å². The van der Waals surface area contributed by atoms with Crippen molar-refractivity contribution in [2.75, 3.05) is 7.05 Å². The van der Waals surface area contributed by atoms with E-state index in [9.17, 15) is 0 Å². The topological polar surface area (TPSA) is 15.3 Å². The molecule has 1 unspecified atom stereocenters. The van der Waals surface area contributed by atoms with Gasteiger partial charge in [0.25, 0.3) is 0 Å². The monoisotopic (exact) mass is 514 g/mol. The van der Waals surface area contributed by atoms with Gasteiger partial charge in [0.05, 0.1) is 0 Å². The van der Waals surface area contributed by atoms with E-state index in [4.69, 9.17) is 0 Å². The molecule has 0 saturated carbocycles. The first kappa shape index (κ1) is 29.3. The molecule has 39 heavy (non-hydrogen) atoms. The molecule has 1 N–H and O–H groups in total. The molecule has 2 aliphatic rings.